The quantitative estimate of drug-likeness (QED) is 0.623. The monoisotopic (exact) mass is 306 g/mol. The van der Waals surface area contributed by atoms with Crippen LogP contribution in [0.15, 0.2) is 12.1 Å². The Morgan fingerprint density at radius 1 is 1.05 bits per heavy atom. The molecule has 0 aliphatic rings. The lowest BCUT2D eigenvalue weighted by atomic mass is 9.79. The summed E-state index contributed by atoms with van der Waals surface area (Å²) in [5.41, 5.74) is 1.47. The van der Waals surface area contributed by atoms with E-state index in [0.717, 1.165) is 24.0 Å². The van der Waals surface area contributed by atoms with Gasteiger partial charge in [-0.1, -0.05) is 54.9 Å². The highest BCUT2D eigenvalue weighted by molar-refractivity contribution is 5.73. The Morgan fingerprint density at radius 2 is 1.59 bits per heavy atom. The molecule has 0 saturated heterocycles. The SMILES string of the molecule is CCCCC(=O)Oc1cc(O)c(C(C)(C)C)cc1C(C)(C)C. The summed E-state index contributed by atoms with van der Waals surface area (Å²) in [4.78, 5) is 11.9. The molecule has 3 nitrogen and oxygen atoms in total. The number of hydrogen-bond acceptors (Lipinski definition) is 3. The van der Waals surface area contributed by atoms with E-state index in [0.29, 0.717) is 12.2 Å². The summed E-state index contributed by atoms with van der Waals surface area (Å²) in [5.74, 6) is 0.410. The molecule has 1 N–H and O–H groups in total. The molecule has 0 heterocycles. The molecule has 0 bridgehead atoms. The average molecular weight is 306 g/mol. The highest BCUT2D eigenvalue weighted by Gasteiger charge is 2.27. The zero-order chi connectivity index (χ0) is 17.1. The Bertz CT molecular complexity index is 531. The predicted molar refractivity (Wildman–Crippen MR) is 90.7 cm³/mol. The van der Waals surface area contributed by atoms with Crippen LogP contribution in [0, 0.1) is 0 Å². The maximum atomic E-state index is 11.9. The zero-order valence-electron chi connectivity index (χ0n) is 15.0. The van der Waals surface area contributed by atoms with Crippen LogP contribution in [0.2, 0.25) is 0 Å². The normalized spacial score (nSPS) is 12.3. The smallest absolute Gasteiger partial charge is 0.311 e. The molecule has 0 aliphatic carbocycles. The molecule has 0 saturated carbocycles. The summed E-state index contributed by atoms with van der Waals surface area (Å²) in [6.07, 6.45) is 2.17. The van der Waals surface area contributed by atoms with Crippen molar-refractivity contribution in [2.45, 2.75) is 78.6 Å². The fourth-order valence-electron chi connectivity index (χ4n) is 2.34. The summed E-state index contributed by atoms with van der Waals surface area (Å²) in [7, 11) is 0. The van der Waals surface area contributed by atoms with Crippen molar-refractivity contribution in [2.24, 2.45) is 0 Å². The number of rotatable bonds is 4. The lowest BCUT2D eigenvalue weighted by Gasteiger charge is -2.27. The van der Waals surface area contributed by atoms with E-state index in [1.54, 1.807) is 6.07 Å². The van der Waals surface area contributed by atoms with Gasteiger partial charge in [-0.15, -0.1) is 0 Å². The van der Waals surface area contributed by atoms with Gasteiger partial charge in [-0.05, 0) is 28.9 Å². The van der Waals surface area contributed by atoms with E-state index < -0.39 is 0 Å². The third-order valence-corrected chi connectivity index (χ3v) is 3.67. The fourth-order valence-corrected chi connectivity index (χ4v) is 2.34. The molecule has 22 heavy (non-hydrogen) atoms. The van der Waals surface area contributed by atoms with Gasteiger partial charge in [-0.3, -0.25) is 4.79 Å². The van der Waals surface area contributed by atoms with Gasteiger partial charge in [0.05, 0.1) is 0 Å². The number of esters is 1. The van der Waals surface area contributed by atoms with Crippen molar-refractivity contribution < 1.29 is 14.6 Å². The maximum absolute atomic E-state index is 11.9. The lowest BCUT2D eigenvalue weighted by molar-refractivity contribution is -0.134. The van der Waals surface area contributed by atoms with Crippen LogP contribution >= 0.6 is 0 Å². The van der Waals surface area contributed by atoms with Gasteiger partial charge in [-0.25, -0.2) is 0 Å². The molecule has 1 aromatic rings. The summed E-state index contributed by atoms with van der Waals surface area (Å²) < 4.78 is 5.52. The number of benzene rings is 1. The van der Waals surface area contributed by atoms with Gasteiger partial charge in [0.15, 0.2) is 0 Å². The molecule has 0 atom stereocenters. The first kappa shape index (κ1) is 18.5. The van der Waals surface area contributed by atoms with E-state index in [1.165, 1.54) is 0 Å². The second-order valence-corrected chi connectivity index (χ2v) is 7.94. The zero-order valence-corrected chi connectivity index (χ0v) is 15.0. The van der Waals surface area contributed by atoms with Crippen LogP contribution in [0.3, 0.4) is 0 Å². The van der Waals surface area contributed by atoms with Gasteiger partial charge in [-0.2, -0.15) is 0 Å². The number of hydrogen-bond donors (Lipinski definition) is 1. The minimum atomic E-state index is -0.241. The molecule has 0 amide bonds. The van der Waals surface area contributed by atoms with Gasteiger partial charge in [0.25, 0.3) is 0 Å². The Kier molecular flexibility index (Phi) is 5.66. The van der Waals surface area contributed by atoms with E-state index in [1.807, 2.05) is 13.0 Å². The fraction of sp³-hybridized carbons (Fsp3) is 0.632. The molecule has 0 spiro atoms. The van der Waals surface area contributed by atoms with E-state index in [4.69, 9.17) is 4.74 Å². The number of phenolic OH excluding ortho intramolecular Hbond substituents is 1. The molecule has 0 radical (unpaired) electrons. The second kappa shape index (κ2) is 6.72. The number of ether oxygens (including phenoxy) is 1. The van der Waals surface area contributed by atoms with Crippen molar-refractivity contribution in [3.63, 3.8) is 0 Å². The molecule has 0 aliphatic heterocycles. The first-order chi connectivity index (χ1) is 9.96. The van der Waals surface area contributed by atoms with E-state index in [2.05, 4.69) is 41.5 Å². The molecule has 1 rings (SSSR count). The number of carbonyl (C=O) groups excluding carboxylic acids is 1. The van der Waals surface area contributed by atoms with Gasteiger partial charge in [0.1, 0.15) is 11.5 Å². The van der Waals surface area contributed by atoms with Gasteiger partial charge >= 0.3 is 5.97 Å². The molecule has 3 heteroatoms. The second-order valence-electron chi connectivity index (χ2n) is 7.94. The van der Waals surface area contributed by atoms with Crippen molar-refractivity contribution in [3.8, 4) is 11.5 Å². The Labute approximate surface area is 134 Å². The summed E-state index contributed by atoms with van der Waals surface area (Å²) >= 11 is 0. The van der Waals surface area contributed by atoms with Crippen molar-refractivity contribution in [2.75, 3.05) is 0 Å². The van der Waals surface area contributed by atoms with Crippen LogP contribution in [-0.4, -0.2) is 11.1 Å². The predicted octanol–water partition coefficient (Wildman–Crippen LogP) is 5.08. The number of carbonyl (C=O) groups is 1. The van der Waals surface area contributed by atoms with E-state index in [-0.39, 0.29) is 22.5 Å². The van der Waals surface area contributed by atoms with Crippen LogP contribution in [0.4, 0.5) is 0 Å². The van der Waals surface area contributed by atoms with Crippen molar-refractivity contribution in [3.05, 3.63) is 23.3 Å². The van der Waals surface area contributed by atoms with Crippen LogP contribution in [0.1, 0.15) is 78.9 Å². The molecular weight excluding hydrogens is 276 g/mol. The number of phenols is 1. The first-order valence-electron chi connectivity index (χ1n) is 8.05. The highest BCUT2D eigenvalue weighted by Crippen LogP contribution is 2.40. The maximum Gasteiger partial charge on any atom is 0.311 e. The summed E-state index contributed by atoms with van der Waals surface area (Å²) in [6.45, 7) is 14.4. The summed E-state index contributed by atoms with van der Waals surface area (Å²) in [5, 5.41) is 10.3. The third-order valence-electron chi connectivity index (χ3n) is 3.67. The van der Waals surface area contributed by atoms with Crippen LogP contribution in [-0.2, 0) is 15.6 Å². The minimum absolute atomic E-state index is 0.172. The molecule has 0 fully saturated rings. The van der Waals surface area contributed by atoms with Gasteiger partial charge < -0.3 is 9.84 Å². The van der Waals surface area contributed by atoms with Crippen molar-refractivity contribution in [1.82, 2.24) is 0 Å². The topological polar surface area (TPSA) is 46.5 Å². The van der Waals surface area contributed by atoms with Crippen molar-refractivity contribution >= 4 is 5.97 Å². The van der Waals surface area contributed by atoms with Crippen molar-refractivity contribution in [1.29, 1.82) is 0 Å². The minimum Gasteiger partial charge on any atom is -0.508 e. The third kappa shape index (κ3) is 4.75. The Balaban J connectivity index is 3.27. The summed E-state index contributed by atoms with van der Waals surface area (Å²) in [6, 6.07) is 3.56. The number of unbranched alkanes of at least 4 members (excludes halogenated alkanes) is 1. The largest absolute Gasteiger partial charge is 0.508 e. The molecule has 1 aromatic carbocycles. The average Bonchev–Trinajstić information content (AvgIpc) is 2.33. The highest BCUT2D eigenvalue weighted by atomic mass is 16.5. The van der Waals surface area contributed by atoms with E-state index in [9.17, 15) is 9.90 Å². The molecular formula is C19H30O3. The standard InChI is InChI=1S/C19H30O3/c1-8-9-10-17(21)22-16-12-15(20)13(18(2,3)4)11-14(16)19(5,6)7/h11-12,20H,8-10H2,1-7H3. The molecule has 0 aromatic heterocycles. The van der Waals surface area contributed by atoms with Gasteiger partial charge in [0.2, 0.25) is 0 Å². The Hall–Kier alpha value is -1.51. The van der Waals surface area contributed by atoms with Crippen LogP contribution in [0.25, 0.3) is 0 Å². The Morgan fingerprint density at radius 3 is 2.05 bits per heavy atom. The van der Waals surface area contributed by atoms with Gasteiger partial charge in [0, 0.05) is 18.1 Å². The first-order valence-corrected chi connectivity index (χ1v) is 8.05. The lowest BCUT2D eigenvalue weighted by Crippen LogP contribution is -2.19. The van der Waals surface area contributed by atoms with Crippen LogP contribution < -0.4 is 4.74 Å². The van der Waals surface area contributed by atoms with Crippen LogP contribution in [0.5, 0.6) is 11.5 Å². The van der Waals surface area contributed by atoms with E-state index >= 15 is 0 Å². The molecule has 124 valence electrons. The molecule has 0 unspecified atom stereocenters. The number of aromatic hydroxyl groups is 1.